The average Bonchev–Trinajstić information content (AvgIpc) is 3.07. The van der Waals surface area contributed by atoms with Crippen LogP contribution in [0.1, 0.15) is 0 Å². The summed E-state index contributed by atoms with van der Waals surface area (Å²) in [7, 11) is 0. The van der Waals surface area contributed by atoms with Crippen LogP contribution in [-0.2, 0) is 11.3 Å². The number of aliphatic hydroxyl groups excluding tert-OH is 1. The molecule has 0 aliphatic heterocycles. The molecule has 0 spiro atoms. The van der Waals surface area contributed by atoms with E-state index in [0.717, 1.165) is 10.4 Å². The molecular formula is C10H11F2N5O2S. The number of carbonyl (C=O) groups is 1. The molecule has 2 aromatic heterocycles. The zero-order chi connectivity index (χ0) is 14.6. The van der Waals surface area contributed by atoms with Crippen molar-refractivity contribution in [2.24, 2.45) is 0 Å². The number of amides is 1. The number of alkyl halides is 2. The van der Waals surface area contributed by atoms with Gasteiger partial charge in [0.05, 0.1) is 6.54 Å². The molecule has 0 fully saturated rings. The maximum atomic E-state index is 12.7. The summed E-state index contributed by atoms with van der Waals surface area (Å²) in [5, 5.41) is 25.4. The number of nitrogens with one attached hydrogen (secondary N) is 1. The number of rotatable bonds is 6. The number of halogens is 2. The van der Waals surface area contributed by atoms with Crippen molar-refractivity contribution in [3.63, 3.8) is 0 Å². The summed E-state index contributed by atoms with van der Waals surface area (Å²) < 4.78 is 25.5. The summed E-state index contributed by atoms with van der Waals surface area (Å²) in [4.78, 5) is 12.4. The Morgan fingerprint density at radius 3 is 3.00 bits per heavy atom. The van der Waals surface area contributed by atoms with Crippen molar-refractivity contribution in [1.29, 1.82) is 0 Å². The molecular weight excluding hydrogens is 292 g/mol. The summed E-state index contributed by atoms with van der Waals surface area (Å²) in [6.07, 6.45) is 0. The minimum atomic E-state index is -3.34. The van der Waals surface area contributed by atoms with Crippen molar-refractivity contribution in [2.45, 2.75) is 12.5 Å². The van der Waals surface area contributed by atoms with Crippen LogP contribution in [0.15, 0.2) is 16.8 Å². The lowest BCUT2D eigenvalue weighted by atomic mass is 10.3. The van der Waals surface area contributed by atoms with Crippen molar-refractivity contribution in [2.75, 3.05) is 13.2 Å². The van der Waals surface area contributed by atoms with Crippen molar-refractivity contribution in [3.8, 4) is 11.4 Å². The van der Waals surface area contributed by atoms with Gasteiger partial charge in [0.15, 0.2) is 0 Å². The second kappa shape index (κ2) is 6.01. The van der Waals surface area contributed by atoms with Gasteiger partial charge in [-0.25, -0.2) is 8.78 Å². The Morgan fingerprint density at radius 1 is 1.55 bits per heavy atom. The van der Waals surface area contributed by atoms with Crippen molar-refractivity contribution in [1.82, 2.24) is 25.5 Å². The van der Waals surface area contributed by atoms with E-state index < -0.39 is 25.0 Å². The minimum absolute atomic E-state index is 0.321. The van der Waals surface area contributed by atoms with Crippen LogP contribution < -0.4 is 5.32 Å². The third-order valence-corrected chi connectivity index (χ3v) is 2.98. The lowest BCUT2D eigenvalue weighted by Gasteiger charge is -2.13. The van der Waals surface area contributed by atoms with Crippen molar-refractivity contribution < 1.29 is 18.7 Å². The Morgan fingerprint density at radius 2 is 2.35 bits per heavy atom. The molecule has 0 saturated carbocycles. The van der Waals surface area contributed by atoms with E-state index in [4.69, 9.17) is 5.11 Å². The number of nitrogens with zero attached hydrogens (tertiary/aromatic N) is 4. The SMILES string of the molecule is O=C(Cn1nnc(-c2ccsc2)n1)NCC(F)(F)CO. The smallest absolute Gasteiger partial charge is 0.287 e. The van der Waals surface area contributed by atoms with Crippen LogP contribution in [0.2, 0.25) is 0 Å². The van der Waals surface area contributed by atoms with E-state index in [0.29, 0.717) is 5.82 Å². The molecule has 2 aromatic rings. The molecule has 2 N–H and O–H groups in total. The van der Waals surface area contributed by atoms with Crippen LogP contribution >= 0.6 is 11.3 Å². The molecule has 0 aliphatic carbocycles. The predicted molar refractivity (Wildman–Crippen MR) is 66.2 cm³/mol. The Balaban J connectivity index is 1.89. The van der Waals surface area contributed by atoms with Gasteiger partial charge in [-0.3, -0.25) is 4.79 Å². The summed E-state index contributed by atoms with van der Waals surface area (Å²) >= 11 is 1.47. The Bertz CT molecular complexity index is 572. The molecule has 0 saturated heterocycles. The summed E-state index contributed by atoms with van der Waals surface area (Å²) in [6.45, 7) is -2.58. The zero-order valence-electron chi connectivity index (χ0n) is 10.2. The first kappa shape index (κ1) is 14.5. The predicted octanol–water partition coefficient (Wildman–Crippen LogP) is 0.145. The van der Waals surface area contributed by atoms with E-state index in [1.165, 1.54) is 11.3 Å². The summed E-state index contributed by atoms with van der Waals surface area (Å²) in [5.41, 5.74) is 0.772. The molecule has 0 radical (unpaired) electrons. The summed E-state index contributed by atoms with van der Waals surface area (Å²) in [6, 6.07) is 1.80. The quantitative estimate of drug-likeness (QED) is 0.792. The molecule has 0 aliphatic rings. The van der Waals surface area contributed by atoms with Gasteiger partial charge in [0, 0.05) is 10.9 Å². The number of carbonyl (C=O) groups excluding carboxylic acids is 1. The third-order valence-electron chi connectivity index (χ3n) is 2.29. The number of thiophene rings is 1. The van der Waals surface area contributed by atoms with Crippen molar-refractivity contribution in [3.05, 3.63) is 16.8 Å². The van der Waals surface area contributed by atoms with Gasteiger partial charge >= 0.3 is 0 Å². The molecule has 1 amide bonds. The van der Waals surface area contributed by atoms with E-state index in [-0.39, 0.29) is 6.54 Å². The van der Waals surface area contributed by atoms with Gasteiger partial charge in [0.2, 0.25) is 11.7 Å². The van der Waals surface area contributed by atoms with Gasteiger partial charge in [-0.05, 0) is 16.7 Å². The number of tetrazole rings is 1. The molecule has 7 nitrogen and oxygen atoms in total. The maximum Gasteiger partial charge on any atom is 0.287 e. The average molecular weight is 303 g/mol. The second-order valence-electron chi connectivity index (χ2n) is 3.95. The molecule has 2 rings (SSSR count). The van der Waals surface area contributed by atoms with Gasteiger partial charge in [0.1, 0.15) is 13.2 Å². The van der Waals surface area contributed by atoms with Crippen LogP contribution in [0.4, 0.5) is 8.78 Å². The van der Waals surface area contributed by atoms with Crippen LogP contribution in [0.3, 0.4) is 0 Å². The fourth-order valence-corrected chi connectivity index (χ4v) is 1.92. The normalized spacial score (nSPS) is 11.6. The van der Waals surface area contributed by atoms with E-state index >= 15 is 0 Å². The molecule has 0 unspecified atom stereocenters. The van der Waals surface area contributed by atoms with E-state index in [1.807, 2.05) is 16.1 Å². The topological polar surface area (TPSA) is 92.9 Å². The molecule has 0 bridgehead atoms. The molecule has 108 valence electrons. The first-order valence-electron chi connectivity index (χ1n) is 5.56. The van der Waals surface area contributed by atoms with Crippen LogP contribution in [0.25, 0.3) is 11.4 Å². The fourth-order valence-electron chi connectivity index (χ4n) is 1.29. The largest absolute Gasteiger partial charge is 0.390 e. The molecule has 20 heavy (non-hydrogen) atoms. The molecule has 2 heterocycles. The number of aliphatic hydroxyl groups is 1. The van der Waals surface area contributed by atoms with E-state index in [2.05, 4.69) is 15.4 Å². The van der Waals surface area contributed by atoms with E-state index in [9.17, 15) is 13.6 Å². The monoisotopic (exact) mass is 303 g/mol. The van der Waals surface area contributed by atoms with Crippen molar-refractivity contribution >= 4 is 17.2 Å². The highest BCUT2D eigenvalue weighted by atomic mass is 32.1. The molecule has 10 heteroatoms. The molecule has 0 atom stereocenters. The number of aromatic nitrogens is 4. The first-order chi connectivity index (χ1) is 9.50. The highest BCUT2D eigenvalue weighted by Gasteiger charge is 2.28. The lowest BCUT2D eigenvalue weighted by Crippen LogP contribution is -2.40. The van der Waals surface area contributed by atoms with Gasteiger partial charge in [0.25, 0.3) is 5.92 Å². The van der Waals surface area contributed by atoms with Gasteiger partial charge < -0.3 is 10.4 Å². The summed E-state index contributed by atoms with van der Waals surface area (Å²) in [5.74, 6) is -3.67. The van der Waals surface area contributed by atoms with Crippen LogP contribution in [0, 0.1) is 0 Å². The lowest BCUT2D eigenvalue weighted by molar-refractivity contribution is -0.125. The van der Waals surface area contributed by atoms with Gasteiger partial charge in [-0.15, -0.1) is 10.2 Å². The third kappa shape index (κ3) is 3.78. The highest BCUT2D eigenvalue weighted by Crippen LogP contribution is 2.16. The fraction of sp³-hybridized carbons (Fsp3) is 0.400. The van der Waals surface area contributed by atoms with E-state index in [1.54, 1.807) is 6.07 Å². The second-order valence-corrected chi connectivity index (χ2v) is 4.73. The minimum Gasteiger partial charge on any atom is -0.390 e. The Labute approximate surface area is 116 Å². The number of hydrogen-bond donors (Lipinski definition) is 2. The van der Waals surface area contributed by atoms with Crippen LogP contribution in [0.5, 0.6) is 0 Å². The van der Waals surface area contributed by atoms with Gasteiger partial charge in [-0.1, -0.05) is 0 Å². The Hall–Kier alpha value is -1.94. The Kier molecular flexibility index (Phi) is 4.35. The maximum absolute atomic E-state index is 12.7. The number of hydrogen-bond acceptors (Lipinski definition) is 6. The zero-order valence-corrected chi connectivity index (χ0v) is 11.0. The first-order valence-corrected chi connectivity index (χ1v) is 6.50. The molecule has 0 aromatic carbocycles. The van der Waals surface area contributed by atoms with Crippen LogP contribution in [-0.4, -0.2) is 50.3 Å². The highest BCUT2D eigenvalue weighted by molar-refractivity contribution is 7.08. The standard InChI is InChI=1S/C10H11F2N5O2S/c11-10(12,6-18)5-13-8(19)3-17-15-9(14-16-17)7-1-2-20-4-7/h1-2,4,18H,3,5-6H2,(H,13,19). The van der Waals surface area contributed by atoms with Gasteiger partial charge in [-0.2, -0.15) is 16.1 Å².